The van der Waals surface area contributed by atoms with Gasteiger partial charge in [-0.25, -0.2) is 0 Å². The summed E-state index contributed by atoms with van der Waals surface area (Å²) in [5.41, 5.74) is 0. The molecule has 0 unspecified atom stereocenters. The van der Waals surface area contributed by atoms with Crippen LogP contribution in [-0.2, 0) is 9.53 Å². The summed E-state index contributed by atoms with van der Waals surface area (Å²) in [6.07, 6.45) is 21.4. The zero-order chi connectivity index (χ0) is 16.3. The summed E-state index contributed by atoms with van der Waals surface area (Å²) in [7, 11) is 1.45. The number of carbonyl (C=O) groups is 1. The van der Waals surface area contributed by atoms with Crippen molar-refractivity contribution in [2.75, 3.05) is 13.0 Å². The Balaban J connectivity index is 3.10. The van der Waals surface area contributed by atoms with Crippen molar-refractivity contribution in [3.63, 3.8) is 0 Å². The summed E-state index contributed by atoms with van der Waals surface area (Å²) in [5.74, 6) is 0.732. The van der Waals surface area contributed by atoms with E-state index in [9.17, 15) is 4.79 Å². The Labute approximate surface area is 142 Å². The van der Waals surface area contributed by atoms with E-state index in [4.69, 9.17) is 11.6 Å². The monoisotopic (exact) mass is 330 g/mol. The van der Waals surface area contributed by atoms with E-state index in [0.29, 0.717) is 6.42 Å². The van der Waals surface area contributed by atoms with Crippen LogP contribution in [0.15, 0.2) is 12.2 Å². The molecule has 0 aromatic heterocycles. The largest absolute Gasteiger partial charge is 0.469 e. The topological polar surface area (TPSA) is 26.3 Å². The molecule has 0 rings (SSSR count). The third-order valence-electron chi connectivity index (χ3n) is 3.90. The molecule has 0 atom stereocenters. The van der Waals surface area contributed by atoms with Crippen LogP contribution in [0.1, 0.15) is 89.9 Å². The van der Waals surface area contributed by atoms with Gasteiger partial charge in [0.15, 0.2) is 0 Å². The number of hydrogen-bond donors (Lipinski definition) is 0. The summed E-state index contributed by atoms with van der Waals surface area (Å²) in [6, 6.07) is 0. The second-order valence-corrected chi connectivity index (χ2v) is 6.33. The molecule has 0 aliphatic heterocycles. The first kappa shape index (κ1) is 21.5. The molecule has 0 saturated carbocycles. The predicted molar refractivity (Wildman–Crippen MR) is 96.5 cm³/mol. The van der Waals surface area contributed by atoms with Crippen molar-refractivity contribution < 1.29 is 9.53 Å². The van der Waals surface area contributed by atoms with E-state index in [0.717, 1.165) is 18.7 Å². The predicted octanol–water partition coefficient (Wildman–Crippen LogP) is 6.42. The lowest BCUT2D eigenvalue weighted by atomic mass is 10.1. The second-order valence-electron chi connectivity index (χ2n) is 5.95. The van der Waals surface area contributed by atoms with Crippen LogP contribution >= 0.6 is 11.6 Å². The number of esters is 1. The summed E-state index contributed by atoms with van der Waals surface area (Å²) in [4.78, 5) is 10.9. The maximum Gasteiger partial charge on any atom is 0.305 e. The van der Waals surface area contributed by atoms with Crippen LogP contribution in [0.5, 0.6) is 0 Å². The van der Waals surface area contributed by atoms with Gasteiger partial charge in [-0.2, -0.15) is 0 Å². The van der Waals surface area contributed by atoms with E-state index in [1.54, 1.807) is 0 Å². The highest BCUT2D eigenvalue weighted by molar-refractivity contribution is 6.17. The fraction of sp³-hybridized carbons (Fsp3) is 0.842. The van der Waals surface area contributed by atoms with Crippen molar-refractivity contribution >= 4 is 17.6 Å². The van der Waals surface area contributed by atoms with Gasteiger partial charge in [-0.1, -0.05) is 57.1 Å². The minimum atomic E-state index is -0.0815. The minimum Gasteiger partial charge on any atom is -0.469 e. The summed E-state index contributed by atoms with van der Waals surface area (Å²) < 4.78 is 4.62. The van der Waals surface area contributed by atoms with Gasteiger partial charge in [0.2, 0.25) is 0 Å². The van der Waals surface area contributed by atoms with Crippen molar-refractivity contribution in [2.24, 2.45) is 0 Å². The lowest BCUT2D eigenvalue weighted by Crippen LogP contribution is -1.98. The van der Waals surface area contributed by atoms with Crippen LogP contribution < -0.4 is 0 Å². The number of ether oxygens (including phenoxy) is 1. The van der Waals surface area contributed by atoms with Gasteiger partial charge in [0.1, 0.15) is 0 Å². The van der Waals surface area contributed by atoms with Gasteiger partial charge >= 0.3 is 5.97 Å². The molecule has 0 bridgehead atoms. The highest BCUT2D eigenvalue weighted by atomic mass is 35.5. The Kier molecular flexibility index (Phi) is 18.1. The number of allylic oxidation sites excluding steroid dienone is 2. The molecule has 0 aliphatic rings. The molecule has 0 aliphatic carbocycles. The molecular weight excluding hydrogens is 296 g/mol. The first-order chi connectivity index (χ1) is 10.8. The smallest absolute Gasteiger partial charge is 0.305 e. The van der Waals surface area contributed by atoms with Gasteiger partial charge in [0, 0.05) is 12.3 Å². The van der Waals surface area contributed by atoms with Crippen molar-refractivity contribution in [2.45, 2.75) is 89.9 Å². The average molecular weight is 331 g/mol. The second kappa shape index (κ2) is 18.5. The lowest BCUT2D eigenvalue weighted by Gasteiger charge is -2.00. The quantitative estimate of drug-likeness (QED) is 0.141. The summed E-state index contributed by atoms with van der Waals surface area (Å²) in [5, 5.41) is 0. The fourth-order valence-corrected chi connectivity index (χ4v) is 2.65. The van der Waals surface area contributed by atoms with Gasteiger partial charge < -0.3 is 4.74 Å². The summed E-state index contributed by atoms with van der Waals surface area (Å²) in [6.45, 7) is 0. The van der Waals surface area contributed by atoms with Crippen LogP contribution in [-0.4, -0.2) is 19.0 Å². The molecule has 0 radical (unpaired) electrons. The normalized spacial score (nSPS) is 11.2. The molecular formula is C19H35ClO2. The number of carbonyl (C=O) groups excluding carboxylic acids is 1. The highest BCUT2D eigenvalue weighted by Crippen LogP contribution is 2.10. The van der Waals surface area contributed by atoms with Gasteiger partial charge in [-0.15, -0.1) is 11.6 Å². The molecule has 0 aromatic rings. The van der Waals surface area contributed by atoms with Crippen LogP contribution in [0.3, 0.4) is 0 Å². The van der Waals surface area contributed by atoms with Crippen LogP contribution in [0.2, 0.25) is 0 Å². The molecule has 130 valence electrons. The third kappa shape index (κ3) is 17.6. The minimum absolute atomic E-state index is 0.0815. The molecule has 0 aromatic carbocycles. The molecule has 0 N–H and O–H groups in total. The Hall–Kier alpha value is -0.500. The van der Waals surface area contributed by atoms with E-state index in [2.05, 4.69) is 16.9 Å². The fourth-order valence-electron chi connectivity index (χ4n) is 2.46. The zero-order valence-electron chi connectivity index (χ0n) is 14.5. The molecule has 3 heteroatoms. The van der Waals surface area contributed by atoms with E-state index < -0.39 is 0 Å². The van der Waals surface area contributed by atoms with E-state index in [1.807, 2.05) is 0 Å². The SMILES string of the molecule is COC(=O)CCCCCCC/C=C/CCCCCCCCCl. The number of rotatable bonds is 16. The van der Waals surface area contributed by atoms with Crippen LogP contribution in [0, 0.1) is 0 Å². The van der Waals surface area contributed by atoms with Gasteiger partial charge in [-0.3, -0.25) is 4.79 Å². The van der Waals surface area contributed by atoms with Crippen molar-refractivity contribution in [3.05, 3.63) is 12.2 Å². The standard InChI is InChI=1S/C19H35ClO2/c1-22-19(21)17-15-13-11-9-7-5-3-2-4-6-8-10-12-14-16-18-20/h2-3H,4-18H2,1H3/b3-2+. The molecule has 0 fully saturated rings. The maximum absolute atomic E-state index is 10.9. The maximum atomic E-state index is 10.9. The van der Waals surface area contributed by atoms with Crippen molar-refractivity contribution in [1.29, 1.82) is 0 Å². The van der Waals surface area contributed by atoms with E-state index in [-0.39, 0.29) is 5.97 Å². The van der Waals surface area contributed by atoms with Gasteiger partial charge in [0.25, 0.3) is 0 Å². The average Bonchev–Trinajstić information content (AvgIpc) is 2.54. The zero-order valence-corrected chi connectivity index (χ0v) is 15.2. The number of alkyl halides is 1. The van der Waals surface area contributed by atoms with Gasteiger partial charge in [-0.05, 0) is 38.5 Å². The van der Waals surface area contributed by atoms with Crippen molar-refractivity contribution in [1.82, 2.24) is 0 Å². The Morgan fingerprint density at radius 1 is 0.773 bits per heavy atom. The number of halogens is 1. The molecule has 0 spiro atoms. The highest BCUT2D eigenvalue weighted by Gasteiger charge is 1.98. The van der Waals surface area contributed by atoms with E-state index in [1.165, 1.54) is 77.7 Å². The van der Waals surface area contributed by atoms with Crippen LogP contribution in [0.4, 0.5) is 0 Å². The number of hydrogen-bond acceptors (Lipinski definition) is 2. The molecule has 0 saturated heterocycles. The van der Waals surface area contributed by atoms with Crippen molar-refractivity contribution in [3.8, 4) is 0 Å². The third-order valence-corrected chi connectivity index (χ3v) is 4.17. The molecule has 0 amide bonds. The molecule has 0 heterocycles. The van der Waals surface area contributed by atoms with E-state index >= 15 is 0 Å². The first-order valence-electron chi connectivity index (χ1n) is 9.09. The van der Waals surface area contributed by atoms with Gasteiger partial charge in [0.05, 0.1) is 7.11 Å². The number of methoxy groups -OCH3 is 1. The lowest BCUT2D eigenvalue weighted by molar-refractivity contribution is -0.140. The summed E-state index contributed by atoms with van der Waals surface area (Å²) >= 11 is 5.65. The number of unbranched alkanes of at least 4 members (excludes halogenated alkanes) is 11. The Bertz CT molecular complexity index is 264. The Morgan fingerprint density at radius 2 is 1.23 bits per heavy atom. The van der Waals surface area contributed by atoms with Crippen LogP contribution in [0.25, 0.3) is 0 Å². The molecule has 2 nitrogen and oxygen atoms in total. The Morgan fingerprint density at radius 3 is 1.73 bits per heavy atom. The molecule has 22 heavy (non-hydrogen) atoms. The first-order valence-corrected chi connectivity index (χ1v) is 9.62.